The minimum Gasteiger partial charge on any atom is -0.354 e. The second-order valence-corrected chi connectivity index (χ2v) is 44.6. The minimum absolute atomic E-state index is 0.107. The van der Waals surface area contributed by atoms with Crippen LogP contribution in [0.15, 0.2) is 243 Å². The van der Waals surface area contributed by atoms with Gasteiger partial charge in [-0.05, 0) is 205 Å². The van der Waals surface area contributed by atoms with E-state index in [1.807, 2.05) is 0 Å². The largest absolute Gasteiger partial charge is 0.354 e. The van der Waals surface area contributed by atoms with Crippen LogP contribution in [0.4, 0.5) is 0 Å². The van der Waals surface area contributed by atoms with Crippen LogP contribution in [0.5, 0.6) is 0 Å². The maximum atomic E-state index is 18.7. The highest BCUT2D eigenvalue weighted by Crippen LogP contribution is 2.53. The van der Waals surface area contributed by atoms with Crippen LogP contribution in [0, 0.1) is 5.41 Å². The van der Waals surface area contributed by atoms with E-state index in [2.05, 4.69) is 453 Å². The first-order valence-electron chi connectivity index (χ1n) is 46.3. The lowest BCUT2D eigenvalue weighted by atomic mass is 9.76. The number of nitrogens with zero attached hydrogens (tertiary/aromatic N) is 4. The first kappa shape index (κ1) is 87.5. The van der Waals surface area contributed by atoms with Crippen molar-refractivity contribution in [2.75, 3.05) is 0 Å². The fraction of sp³-hybridized carbons (Fsp3) is 0.283. The van der Waals surface area contributed by atoms with Crippen LogP contribution in [0.2, 0.25) is 0 Å². The first-order valence-corrected chi connectivity index (χ1v) is 46.3. The Labute approximate surface area is 768 Å². The second kappa shape index (κ2) is 31.9. The lowest BCUT2D eigenvalue weighted by Gasteiger charge is -2.23. The molecule has 130 heavy (non-hydrogen) atoms. The molecule has 14 aromatic rings. The van der Waals surface area contributed by atoms with Gasteiger partial charge in [0.05, 0.1) is 57.4 Å². The van der Waals surface area contributed by atoms with Crippen molar-refractivity contribution in [3.63, 3.8) is 0 Å². The Bertz CT molecular complexity index is 6840. The summed E-state index contributed by atoms with van der Waals surface area (Å²) in [5.74, 6) is -2.66. The molecule has 5 N–H and O–H groups in total. The molecule has 2 unspecified atom stereocenters. The van der Waals surface area contributed by atoms with Crippen LogP contribution in [-0.4, -0.2) is 51.4 Å². The Morgan fingerprint density at radius 2 is 0.377 bits per heavy atom. The quantitative estimate of drug-likeness (QED) is 0.0973. The molecule has 10 heteroatoms. The zero-order valence-electron chi connectivity index (χ0n) is 80.3. The van der Waals surface area contributed by atoms with Gasteiger partial charge in [0.25, 0.3) is 0 Å². The molecule has 0 spiro atoms. The SMILES string of the molecule is CC(C)(C)c1ccc(-c2c3nc(c(-c4ccc(C(C)(C)C)cc4)c4ccc([nH]4)c(-c4ccc(C(C)(C)C)cc4)c4nc(c(-c5ccc(C(C)(C)C)cc5)c5ccc2[nH]5)C(=N)C4C2C(=O)c4nc2c(-c2ccc(C(C)(C)C)cc2)c2ccc([nH]2)c(-c2ccc(C(C)(C)C)cc2)c2nc(c(-c5ccc(C(C)(C)C)cc5)c5ccc([nH]5)c4-c4ccc(C(C)(C)C)cc4)C=C2)C=C3)cc1. The van der Waals surface area contributed by atoms with Gasteiger partial charge in [-0.2, -0.15) is 0 Å². The van der Waals surface area contributed by atoms with Gasteiger partial charge in [0, 0.05) is 88.6 Å². The molecule has 0 amide bonds. The van der Waals surface area contributed by atoms with Crippen molar-refractivity contribution in [2.45, 2.75) is 221 Å². The van der Waals surface area contributed by atoms with Gasteiger partial charge < -0.3 is 25.3 Å². The monoisotopic (exact) mass is 1710 g/mol. The number of hydrogen-bond acceptors (Lipinski definition) is 6. The predicted octanol–water partition coefficient (Wildman–Crippen LogP) is 31.8. The van der Waals surface area contributed by atoms with E-state index in [1.165, 1.54) is 22.3 Å². The van der Waals surface area contributed by atoms with Crippen molar-refractivity contribution in [1.29, 1.82) is 5.41 Å². The first-order chi connectivity index (χ1) is 61.3. The Morgan fingerprint density at radius 1 is 0.208 bits per heavy atom. The average Bonchev–Trinajstić information content (AvgIpc) is 1.56. The third kappa shape index (κ3) is 16.4. The molecular formula is C120H123N9O. The van der Waals surface area contributed by atoms with E-state index in [0.29, 0.717) is 39.3 Å². The second-order valence-electron chi connectivity index (χ2n) is 44.6. The summed E-state index contributed by atoms with van der Waals surface area (Å²) in [4.78, 5) is 59.3. The van der Waals surface area contributed by atoms with Crippen molar-refractivity contribution >= 4 is 79.9 Å². The van der Waals surface area contributed by atoms with E-state index in [0.717, 1.165) is 156 Å². The van der Waals surface area contributed by atoms with Crippen molar-refractivity contribution < 1.29 is 4.79 Å². The number of Topliss-reactive ketones (excluding diaryl/α,β-unsaturated/α-hetero) is 1. The standard InChI is InChI=1S/C120H123N9O/c1-113(2,3)77-41-25-69(26-42-77)97-85-57-59-87(122-85)99(71-29-45-79(46-30-71)115(7,8)9)91-63-67-95(126-91)103(75-37-53-83(54-38-75)119(19,20)21)110-107(121)105(108(128-110)101(93-65-61-89(97)124-93)73-33-49-81(50-34-73)117(13,14)15)106-109-102(74-35-51-82(52-36-74)118(16,17)18)94-66-62-90(125-94)98(70-27-43-78(44-28-70)114(4,5)6)86-58-60-88(123-86)100(72-31-47-80(48-32-72)116(10,11)12)92-64-68-96(127-92)104(111(129-109)112(106)130)76-39-55-84(56-40-76)120(22,23)24/h25-68,105-106,121,124-127H,1-24H3. The topological polar surface area (TPSA) is 156 Å². The maximum Gasteiger partial charge on any atom is 0.192 e. The van der Waals surface area contributed by atoms with Gasteiger partial charge in [0.2, 0.25) is 0 Å². The highest BCUT2D eigenvalue weighted by Gasteiger charge is 2.48. The summed E-state index contributed by atoms with van der Waals surface area (Å²) in [5, 5.41) is 12.1. The number of fused-ring (bicyclic) bond motifs is 16. The van der Waals surface area contributed by atoms with E-state index in [1.54, 1.807) is 0 Å². The summed E-state index contributed by atoms with van der Waals surface area (Å²) in [6, 6.07) is 88.4. The fourth-order valence-corrected chi connectivity index (χ4v) is 19.1. The summed E-state index contributed by atoms with van der Waals surface area (Å²) in [6.07, 6.45) is 8.65. The lowest BCUT2D eigenvalue weighted by Crippen LogP contribution is -2.22. The van der Waals surface area contributed by atoms with E-state index < -0.39 is 11.8 Å². The molecule has 10 heterocycles. The van der Waals surface area contributed by atoms with Crippen molar-refractivity contribution in [3.05, 3.63) is 333 Å². The average molecular weight is 1710 g/mol. The summed E-state index contributed by atoms with van der Waals surface area (Å²) in [6.45, 7) is 54.0. The van der Waals surface area contributed by atoms with E-state index in [-0.39, 0.29) is 60.5 Å². The minimum atomic E-state index is -1.25. The molecule has 2 atom stereocenters. The summed E-state index contributed by atoms with van der Waals surface area (Å²) < 4.78 is 0. The highest BCUT2D eigenvalue weighted by molar-refractivity contribution is 6.19. The molecule has 0 radical (unpaired) electrons. The smallest absolute Gasteiger partial charge is 0.192 e. The summed E-state index contributed by atoms with van der Waals surface area (Å²) in [7, 11) is 0. The van der Waals surface area contributed by atoms with Gasteiger partial charge in [0.1, 0.15) is 5.69 Å². The zero-order chi connectivity index (χ0) is 92.2. The van der Waals surface area contributed by atoms with Crippen molar-refractivity contribution in [2.24, 2.45) is 0 Å². The van der Waals surface area contributed by atoms with Gasteiger partial charge in [-0.25, -0.2) is 19.9 Å². The molecule has 0 fully saturated rings. The molecular weight excluding hydrogens is 1580 g/mol. The van der Waals surface area contributed by atoms with Gasteiger partial charge in [-0.15, -0.1) is 0 Å². The fourth-order valence-electron chi connectivity index (χ4n) is 19.1. The van der Waals surface area contributed by atoms with Gasteiger partial charge in [-0.3, -0.25) is 4.79 Å². The van der Waals surface area contributed by atoms with E-state index in [9.17, 15) is 5.41 Å². The Balaban J connectivity index is 1.04. The normalized spacial score (nSPS) is 14.7. The van der Waals surface area contributed by atoms with Crippen molar-refractivity contribution in [3.8, 4) is 89.0 Å². The van der Waals surface area contributed by atoms with Crippen LogP contribution in [0.25, 0.3) is 157 Å². The number of H-pyrrole nitrogens is 4. The summed E-state index contributed by atoms with van der Waals surface area (Å²) >= 11 is 0. The van der Waals surface area contributed by atoms with Gasteiger partial charge >= 0.3 is 0 Å². The number of carbonyl (C=O) groups excluding carboxylic acids is 1. The van der Waals surface area contributed by atoms with Gasteiger partial charge in [0.15, 0.2) is 5.78 Å². The Morgan fingerprint density at radius 3 is 0.592 bits per heavy atom. The predicted molar refractivity (Wildman–Crippen MR) is 550 cm³/mol. The zero-order valence-corrected chi connectivity index (χ0v) is 80.3. The maximum absolute atomic E-state index is 18.7. The molecule has 4 aliphatic rings. The van der Waals surface area contributed by atoms with Crippen LogP contribution in [0.1, 0.15) is 273 Å². The highest BCUT2D eigenvalue weighted by atomic mass is 16.1. The molecule has 0 saturated heterocycles. The van der Waals surface area contributed by atoms with Crippen LogP contribution in [0.3, 0.4) is 0 Å². The number of ketones is 1. The number of nitrogens with one attached hydrogen (secondary N) is 5. The van der Waals surface area contributed by atoms with E-state index >= 15 is 4.79 Å². The lowest BCUT2D eigenvalue weighted by molar-refractivity contribution is 0.0963. The Hall–Kier alpha value is -13.2. The number of benzene rings is 8. The van der Waals surface area contributed by atoms with Gasteiger partial charge in [-0.1, -0.05) is 360 Å². The third-order valence-electron chi connectivity index (χ3n) is 27.0. The number of aromatic nitrogens is 8. The number of aromatic amines is 4. The van der Waals surface area contributed by atoms with Crippen LogP contribution < -0.4 is 0 Å². The Kier molecular flexibility index (Phi) is 21.5. The number of hydrogen-bond donors (Lipinski definition) is 5. The number of carbonyl (C=O) groups is 1. The molecule has 10 nitrogen and oxygen atoms in total. The van der Waals surface area contributed by atoms with Crippen molar-refractivity contribution in [1.82, 2.24) is 39.9 Å². The molecule has 8 aromatic carbocycles. The van der Waals surface area contributed by atoms with Crippen LogP contribution in [-0.2, 0) is 43.3 Å². The van der Waals surface area contributed by atoms with E-state index in [4.69, 9.17) is 19.9 Å². The molecule has 0 aliphatic carbocycles. The molecule has 654 valence electrons. The van der Waals surface area contributed by atoms with Crippen LogP contribution >= 0.6 is 0 Å². The third-order valence-corrected chi connectivity index (χ3v) is 27.0. The number of rotatable bonds is 9. The molecule has 18 rings (SSSR count). The molecule has 4 aliphatic heterocycles. The molecule has 16 bridgehead atoms. The summed E-state index contributed by atoms with van der Waals surface area (Å²) in [5.41, 5.74) is 32.9. The molecule has 0 saturated carbocycles. The molecule has 6 aromatic heterocycles.